The first-order valence-electron chi connectivity index (χ1n) is 6.45. The number of piperazine rings is 1. The molecule has 1 aliphatic heterocycles. The minimum absolute atomic E-state index is 0.151. The third kappa shape index (κ3) is 5.23. The number of nitrogens with zero attached hydrogens (tertiary/aromatic N) is 2. The van der Waals surface area contributed by atoms with Gasteiger partial charge in [0.05, 0.1) is 5.75 Å². The van der Waals surface area contributed by atoms with Crippen molar-refractivity contribution in [3.8, 4) is 0 Å². The summed E-state index contributed by atoms with van der Waals surface area (Å²) in [5, 5.41) is 3.25. The Labute approximate surface area is 114 Å². The molecular weight excluding hydrogens is 264 g/mol. The SMILES string of the molecule is O=S(=O)(CCN1CCNCC1)NCc1ccncc1. The average Bonchev–Trinajstić information content (AvgIpc) is 2.46. The molecule has 0 radical (unpaired) electrons. The lowest BCUT2D eigenvalue weighted by Gasteiger charge is -2.26. The van der Waals surface area contributed by atoms with Crippen molar-refractivity contribution < 1.29 is 8.42 Å². The summed E-state index contributed by atoms with van der Waals surface area (Å²) in [5.41, 5.74) is 0.917. The zero-order chi connectivity index (χ0) is 13.6. The van der Waals surface area contributed by atoms with Crippen molar-refractivity contribution >= 4 is 10.0 Å². The van der Waals surface area contributed by atoms with Gasteiger partial charge in [0, 0.05) is 51.7 Å². The number of hydrogen-bond donors (Lipinski definition) is 2. The Kier molecular flexibility index (Phi) is 5.26. The van der Waals surface area contributed by atoms with E-state index >= 15 is 0 Å². The highest BCUT2D eigenvalue weighted by atomic mass is 32.2. The van der Waals surface area contributed by atoms with E-state index in [0.717, 1.165) is 31.7 Å². The molecule has 0 saturated carbocycles. The first-order valence-corrected chi connectivity index (χ1v) is 8.10. The van der Waals surface area contributed by atoms with E-state index in [9.17, 15) is 8.42 Å². The van der Waals surface area contributed by atoms with Crippen molar-refractivity contribution in [2.45, 2.75) is 6.54 Å². The molecule has 0 spiro atoms. The van der Waals surface area contributed by atoms with Gasteiger partial charge in [-0.3, -0.25) is 9.88 Å². The molecule has 1 aliphatic rings. The van der Waals surface area contributed by atoms with Crippen LogP contribution in [0.3, 0.4) is 0 Å². The summed E-state index contributed by atoms with van der Waals surface area (Å²) >= 11 is 0. The van der Waals surface area contributed by atoms with Crippen molar-refractivity contribution in [3.05, 3.63) is 30.1 Å². The van der Waals surface area contributed by atoms with E-state index in [1.807, 2.05) is 0 Å². The molecule has 6 nitrogen and oxygen atoms in total. The van der Waals surface area contributed by atoms with Crippen molar-refractivity contribution in [2.24, 2.45) is 0 Å². The number of aromatic nitrogens is 1. The molecule has 0 unspecified atom stereocenters. The molecule has 2 heterocycles. The van der Waals surface area contributed by atoms with Gasteiger partial charge in [-0.15, -0.1) is 0 Å². The normalized spacial score (nSPS) is 17.5. The van der Waals surface area contributed by atoms with E-state index in [1.54, 1.807) is 24.5 Å². The first kappa shape index (κ1) is 14.4. The van der Waals surface area contributed by atoms with Gasteiger partial charge in [-0.2, -0.15) is 0 Å². The van der Waals surface area contributed by atoms with Crippen molar-refractivity contribution in [1.82, 2.24) is 19.9 Å². The van der Waals surface area contributed by atoms with E-state index in [0.29, 0.717) is 13.1 Å². The number of rotatable bonds is 6. The van der Waals surface area contributed by atoms with Crippen molar-refractivity contribution in [1.29, 1.82) is 0 Å². The van der Waals surface area contributed by atoms with Crippen LogP contribution in [0.15, 0.2) is 24.5 Å². The fourth-order valence-electron chi connectivity index (χ4n) is 1.95. The summed E-state index contributed by atoms with van der Waals surface area (Å²) in [5.74, 6) is 0.151. The van der Waals surface area contributed by atoms with Gasteiger partial charge in [0.1, 0.15) is 0 Å². The molecule has 1 fully saturated rings. The minimum Gasteiger partial charge on any atom is -0.314 e. The average molecular weight is 284 g/mol. The van der Waals surface area contributed by atoms with Gasteiger partial charge in [0.15, 0.2) is 0 Å². The molecule has 19 heavy (non-hydrogen) atoms. The highest BCUT2D eigenvalue weighted by molar-refractivity contribution is 7.89. The molecular formula is C12H20N4O2S. The van der Waals surface area contributed by atoms with Gasteiger partial charge in [0.25, 0.3) is 0 Å². The molecule has 7 heteroatoms. The molecule has 1 aromatic heterocycles. The maximum atomic E-state index is 11.9. The minimum atomic E-state index is -3.21. The molecule has 0 bridgehead atoms. The summed E-state index contributed by atoms with van der Waals surface area (Å²) in [6.45, 7) is 4.62. The Hall–Kier alpha value is -1.02. The summed E-state index contributed by atoms with van der Waals surface area (Å²) in [4.78, 5) is 6.07. The second-order valence-electron chi connectivity index (χ2n) is 4.59. The van der Waals surface area contributed by atoms with Crippen LogP contribution in [0.1, 0.15) is 5.56 Å². The highest BCUT2D eigenvalue weighted by Crippen LogP contribution is 1.98. The van der Waals surface area contributed by atoms with Crippen LogP contribution in [0.25, 0.3) is 0 Å². The summed E-state index contributed by atoms with van der Waals surface area (Å²) in [6, 6.07) is 3.61. The first-order chi connectivity index (χ1) is 9.16. The summed E-state index contributed by atoms with van der Waals surface area (Å²) < 4.78 is 26.4. The van der Waals surface area contributed by atoms with Crippen molar-refractivity contribution in [2.75, 3.05) is 38.5 Å². The molecule has 1 aromatic rings. The Morgan fingerprint density at radius 2 is 1.95 bits per heavy atom. The number of pyridine rings is 1. The topological polar surface area (TPSA) is 74.3 Å². The van der Waals surface area contributed by atoms with Gasteiger partial charge >= 0.3 is 0 Å². The largest absolute Gasteiger partial charge is 0.314 e. The zero-order valence-corrected chi connectivity index (χ0v) is 11.7. The molecule has 0 aliphatic carbocycles. The van der Waals surface area contributed by atoms with E-state index < -0.39 is 10.0 Å². The van der Waals surface area contributed by atoms with Crippen LogP contribution in [-0.4, -0.2) is 56.8 Å². The van der Waals surface area contributed by atoms with E-state index in [-0.39, 0.29) is 5.75 Å². The Morgan fingerprint density at radius 3 is 2.63 bits per heavy atom. The lowest BCUT2D eigenvalue weighted by atomic mass is 10.3. The second-order valence-corrected chi connectivity index (χ2v) is 6.51. The molecule has 1 saturated heterocycles. The second kappa shape index (κ2) is 6.95. The summed E-state index contributed by atoms with van der Waals surface area (Å²) in [6.07, 6.45) is 3.31. The van der Waals surface area contributed by atoms with E-state index in [2.05, 4.69) is 19.9 Å². The van der Waals surface area contributed by atoms with Crippen LogP contribution < -0.4 is 10.0 Å². The Morgan fingerprint density at radius 1 is 1.26 bits per heavy atom. The standard InChI is InChI=1S/C12H20N4O2S/c17-19(18,10-9-16-7-5-14-6-8-16)15-11-12-1-3-13-4-2-12/h1-4,14-15H,5-11H2. The van der Waals surface area contributed by atoms with Crippen LogP contribution in [0.2, 0.25) is 0 Å². The Bertz CT molecular complexity index is 472. The molecule has 2 N–H and O–H groups in total. The van der Waals surface area contributed by atoms with E-state index in [1.165, 1.54) is 0 Å². The zero-order valence-electron chi connectivity index (χ0n) is 10.9. The number of hydrogen-bond acceptors (Lipinski definition) is 5. The van der Waals surface area contributed by atoms with E-state index in [4.69, 9.17) is 0 Å². The van der Waals surface area contributed by atoms with Crippen LogP contribution in [-0.2, 0) is 16.6 Å². The van der Waals surface area contributed by atoms with Gasteiger partial charge in [0.2, 0.25) is 10.0 Å². The van der Waals surface area contributed by atoms with Crippen LogP contribution >= 0.6 is 0 Å². The number of sulfonamides is 1. The van der Waals surface area contributed by atoms with Gasteiger partial charge in [-0.25, -0.2) is 13.1 Å². The lowest BCUT2D eigenvalue weighted by Crippen LogP contribution is -2.45. The smallest absolute Gasteiger partial charge is 0.213 e. The number of nitrogens with one attached hydrogen (secondary N) is 2. The maximum absolute atomic E-state index is 11.9. The molecule has 106 valence electrons. The third-order valence-corrected chi connectivity index (χ3v) is 4.44. The monoisotopic (exact) mass is 284 g/mol. The fraction of sp³-hybridized carbons (Fsp3) is 0.583. The van der Waals surface area contributed by atoms with Gasteiger partial charge < -0.3 is 5.32 Å². The highest BCUT2D eigenvalue weighted by Gasteiger charge is 2.15. The van der Waals surface area contributed by atoms with Crippen LogP contribution in [0.4, 0.5) is 0 Å². The van der Waals surface area contributed by atoms with Crippen LogP contribution in [0.5, 0.6) is 0 Å². The fourth-order valence-corrected chi connectivity index (χ4v) is 2.98. The van der Waals surface area contributed by atoms with Crippen LogP contribution in [0, 0.1) is 0 Å². The predicted molar refractivity (Wildman–Crippen MR) is 74.2 cm³/mol. The lowest BCUT2D eigenvalue weighted by molar-refractivity contribution is 0.253. The molecule has 0 aromatic carbocycles. The molecule has 2 rings (SSSR count). The molecule has 0 atom stereocenters. The quantitative estimate of drug-likeness (QED) is 0.730. The maximum Gasteiger partial charge on any atom is 0.213 e. The Balaban J connectivity index is 1.75. The summed E-state index contributed by atoms with van der Waals surface area (Å²) in [7, 11) is -3.21. The van der Waals surface area contributed by atoms with Gasteiger partial charge in [-0.05, 0) is 17.7 Å². The third-order valence-electron chi connectivity index (χ3n) is 3.13. The molecule has 0 amide bonds. The van der Waals surface area contributed by atoms with Crippen molar-refractivity contribution in [3.63, 3.8) is 0 Å². The predicted octanol–water partition coefficient (Wildman–Crippen LogP) is -0.594. The van der Waals surface area contributed by atoms with Gasteiger partial charge in [-0.1, -0.05) is 0 Å².